The minimum absolute atomic E-state index is 0.189. The van der Waals surface area contributed by atoms with Gasteiger partial charge in [-0.15, -0.1) is 0 Å². The van der Waals surface area contributed by atoms with E-state index < -0.39 is 34.8 Å². The first-order valence-corrected chi connectivity index (χ1v) is 5.46. The van der Waals surface area contributed by atoms with Gasteiger partial charge in [0.1, 0.15) is 17.3 Å². The van der Waals surface area contributed by atoms with Gasteiger partial charge in [-0.05, 0) is 0 Å². The Morgan fingerprint density at radius 3 is 1.86 bits per heavy atom. The van der Waals surface area contributed by atoms with Crippen LogP contribution in [-0.4, -0.2) is 17.0 Å². The van der Waals surface area contributed by atoms with Crippen LogP contribution in [0.2, 0.25) is 0 Å². The number of benzene rings is 1. The Morgan fingerprint density at radius 1 is 0.857 bits per heavy atom. The van der Waals surface area contributed by atoms with Crippen molar-refractivity contribution < 1.29 is 22.0 Å². The lowest BCUT2D eigenvalue weighted by Gasteiger charge is -2.11. The molecule has 0 aliphatic carbocycles. The highest BCUT2D eigenvalue weighted by molar-refractivity contribution is 5.62. The number of rotatable bonds is 3. The fraction of sp³-hybridized carbons (Fsp3) is 0.0909. The maximum absolute atomic E-state index is 13.5. The number of anilines is 4. The normalized spacial score (nSPS) is 10.6. The number of nitrogen functional groups attached to an aromatic ring is 1. The predicted octanol–water partition coefficient (Wildman–Crippen LogP) is 2.54. The molecule has 21 heavy (non-hydrogen) atoms. The Labute approximate surface area is 115 Å². The Morgan fingerprint density at radius 2 is 1.33 bits per heavy atom. The lowest BCUT2D eigenvalue weighted by molar-refractivity contribution is 0.382. The first-order chi connectivity index (χ1) is 9.85. The van der Waals surface area contributed by atoms with Gasteiger partial charge in [0, 0.05) is 13.1 Å². The van der Waals surface area contributed by atoms with Crippen molar-refractivity contribution in [3.05, 3.63) is 35.2 Å². The van der Waals surface area contributed by atoms with E-state index in [1.807, 2.05) is 5.32 Å². The molecule has 0 saturated heterocycles. The number of nitrogens with zero attached hydrogens (tertiary/aromatic N) is 2. The molecule has 0 bridgehead atoms. The predicted molar refractivity (Wildman–Crippen MR) is 65.5 cm³/mol. The maximum atomic E-state index is 13.5. The van der Waals surface area contributed by atoms with Crippen LogP contribution in [0.1, 0.15) is 0 Å². The average Bonchev–Trinajstić information content (AvgIpc) is 2.47. The van der Waals surface area contributed by atoms with E-state index in [-0.39, 0.29) is 17.6 Å². The highest BCUT2D eigenvalue weighted by Crippen LogP contribution is 2.29. The Kier molecular flexibility index (Phi) is 3.78. The second-order valence-electron chi connectivity index (χ2n) is 3.82. The van der Waals surface area contributed by atoms with Gasteiger partial charge in [-0.2, -0.15) is 9.97 Å². The van der Waals surface area contributed by atoms with Crippen LogP contribution in [0.25, 0.3) is 0 Å². The summed E-state index contributed by atoms with van der Waals surface area (Å²) >= 11 is 0. The molecule has 2 rings (SSSR count). The number of halogens is 5. The summed E-state index contributed by atoms with van der Waals surface area (Å²) in [6, 6.07) is 1.18. The highest BCUT2D eigenvalue weighted by atomic mass is 19.2. The van der Waals surface area contributed by atoms with E-state index in [0.29, 0.717) is 0 Å². The fourth-order valence-corrected chi connectivity index (χ4v) is 1.50. The van der Waals surface area contributed by atoms with Gasteiger partial charge in [0.25, 0.3) is 0 Å². The van der Waals surface area contributed by atoms with Crippen LogP contribution in [0, 0.1) is 29.1 Å². The molecule has 112 valence electrons. The van der Waals surface area contributed by atoms with Gasteiger partial charge in [0.15, 0.2) is 23.3 Å². The van der Waals surface area contributed by atoms with Crippen LogP contribution >= 0.6 is 0 Å². The number of aromatic nitrogens is 2. The molecule has 0 spiro atoms. The number of nitrogens with one attached hydrogen (secondary N) is 2. The molecule has 10 heteroatoms. The molecule has 0 unspecified atom stereocenters. The monoisotopic (exact) mass is 305 g/mol. The minimum atomic E-state index is -2.24. The summed E-state index contributed by atoms with van der Waals surface area (Å²) < 4.78 is 66.0. The summed E-state index contributed by atoms with van der Waals surface area (Å²) in [5.41, 5.74) is 4.12. The molecule has 2 aromatic rings. The van der Waals surface area contributed by atoms with E-state index >= 15 is 0 Å². The third-order valence-corrected chi connectivity index (χ3v) is 2.46. The van der Waals surface area contributed by atoms with E-state index in [1.165, 1.54) is 13.1 Å². The second kappa shape index (κ2) is 5.38. The topological polar surface area (TPSA) is 75.9 Å². The molecule has 1 aromatic heterocycles. The molecule has 0 fully saturated rings. The van der Waals surface area contributed by atoms with Crippen molar-refractivity contribution in [3.8, 4) is 0 Å². The quantitative estimate of drug-likeness (QED) is 0.461. The summed E-state index contributed by atoms with van der Waals surface area (Å²) in [5.74, 6) is -10.7. The molecule has 0 aliphatic heterocycles. The SMILES string of the molecule is CNc1cc(Nc2c(F)c(F)c(F)c(F)c2F)nc(N)n1. The van der Waals surface area contributed by atoms with Crippen molar-refractivity contribution >= 4 is 23.3 Å². The van der Waals surface area contributed by atoms with Gasteiger partial charge >= 0.3 is 0 Å². The van der Waals surface area contributed by atoms with Crippen LogP contribution in [0.5, 0.6) is 0 Å². The van der Waals surface area contributed by atoms with Gasteiger partial charge in [-0.25, -0.2) is 22.0 Å². The lowest BCUT2D eigenvalue weighted by Crippen LogP contribution is -2.09. The molecule has 4 N–H and O–H groups in total. The minimum Gasteiger partial charge on any atom is -0.373 e. The zero-order chi connectivity index (χ0) is 15.7. The molecule has 1 aromatic carbocycles. The van der Waals surface area contributed by atoms with Gasteiger partial charge in [-0.1, -0.05) is 0 Å². The molecule has 1 heterocycles. The number of nitrogens with two attached hydrogens (primary N) is 1. The van der Waals surface area contributed by atoms with E-state index in [0.717, 1.165) is 0 Å². The molecule has 0 atom stereocenters. The maximum Gasteiger partial charge on any atom is 0.223 e. The fourth-order valence-electron chi connectivity index (χ4n) is 1.50. The van der Waals surface area contributed by atoms with Crippen molar-refractivity contribution in [2.24, 2.45) is 0 Å². The third-order valence-electron chi connectivity index (χ3n) is 2.46. The second-order valence-corrected chi connectivity index (χ2v) is 3.82. The summed E-state index contributed by atoms with van der Waals surface area (Å²) in [7, 11) is 1.49. The molecule has 0 aliphatic rings. The van der Waals surface area contributed by atoms with E-state index in [9.17, 15) is 22.0 Å². The molecule has 5 nitrogen and oxygen atoms in total. The summed E-state index contributed by atoms with van der Waals surface area (Å²) in [5, 5.41) is 4.59. The van der Waals surface area contributed by atoms with Gasteiger partial charge in [0.05, 0.1) is 0 Å². The lowest BCUT2D eigenvalue weighted by atomic mass is 10.2. The van der Waals surface area contributed by atoms with Crippen LogP contribution in [0.15, 0.2) is 6.07 Å². The van der Waals surface area contributed by atoms with E-state index in [2.05, 4.69) is 15.3 Å². The molecular formula is C11H8F5N5. The Bertz CT molecular complexity index is 677. The first kappa shape index (κ1) is 14.8. The average molecular weight is 305 g/mol. The van der Waals surface area contributed by atoms with Crippen molar-refractivity contribution in [2.45, 2.75) is 0 Å². The van der Waals surface area contributed by atoms with Crippen molar-refractivity contribution in [2.75, 3.05) is 23.4 Å². The first-order valence-electron chi connectivity index (χ1n) is 5.46. The molecular weight excluding hydrogens is 297 g/mol. The zero-order valence-corrected chi connectivity index (χ0v) is 10.4. The van der Waals surface area contributed by atoms with Crippen molar-refractivity contribution in [1.29, 1.82) is 0 Å². The summed E-state index contributed by atoms with van der Waals surface area (Å²) in [4.78, 5) is 7.29. The highest BCUT2D eigenvalue weighted by Gasteiger charge is 2.26. The smallest absolute Gasteiger partial charge is 0.223 e. The Hall–Kier alpha value is -2.65. The van der Waals surface area contributed by atoms with Crippen LogP contribution in [-0.2, 0) is 0 Å². The largest absolute Gasteiger partial charge is 0.373 e. The summed E-state index contributed by atoms with van der Waals surface area (Å²) in [6.45, 7) is 0. The van der Waals surface area contributed by atoms with Gasteiger partial charge < -0.3 is 16.4 Å². The third kappa shape index (κ3) is 2.64. The van der Waals surface area contributed by atoms with Crippen molar-refractivity contribution in [1.82, 2.24) is 9.97 Å². The summed E-state index contributed by atoms with van der Waals surface area (Å²) in [6.07, 6.45) is 0. The number of hydrogen-bond donors (Lipinski definition) is 3. The molecule has 0 radical (unpaired) electrons. The van der Waals surface area contributed by atoms with E-state index in [1.54, 1.807) is 0 Å². The number of hydrogen-bond acceptors (Lipinski definition) is 5. The van der Waals surface area contributed by atoms with Crippen LogP contribution < -0.4 is 16.4 Å². The van der Waals surface area contributed by atoms with Crippen molar-refractivity contribution in [3.63, 3.8) is 0 Å². The standard InChI is InChI=1S/C11H8F5N5/c1-18-3-2-4(21-11(17)20-3)19-10-8(15)6(13)5(12)7(14)9(10)16/h2H,1H3,(H4,17,18,19,20,21). The van der Waals surface area contributed by atoms with Crippen LogP contribution in [0.4, 0.5) is 45.2 Å². The molecule has 0 amide bonds. The van der Waals surface area contributed by atoms with Crippen LogP contribution in [0.3, 0.4) is 0 Å². The Balaban J connectivity index is 2.52. The van der Waals surface area contributed by atoms with Gasteiger partial charge in [0.2, 0.25) is 11.8 Å². The van der Waals surface area contributed by atoms with Gasteiger partial charge in [-0.3, -0.25) is 0 Å². The molecule has 0 saturated carbocycles. The van der Waals surface area contributed by atoms with E-state index in [4.69, 9.17) is 5.73 Å². The zero-order valence-electron chi connectivity index (χ0n) is 10.4.